The van der Waals surface area contributed by atoms with E-state index < -0.39 is 6.10 Å². The minimum absolute atomic E-state index is 0.241. The number of benzene rings is 1. The van der Waals surface area contributed by atoms with Crippen molar-refractivity contribution in [1.82, 2.24) is 14.7 Å². The van der Waals surface area contributed by atoms with E-state index in [0.29, 0.717) is 18.5 Å². The van der Waals surface area contributed by atoms with Gasteiger partial charge >= 0.3 is 0 Å². The van der Waals surface area contributed by atoms with Gasteiger partial charge in [-0.15, -0.1) is 0 Å². The van der Waals surface area contributed by atoms with Crippen LogP contribution in [0.3, 0.4) is 0 Å². The molecular weight excluding hydrogens is 309 g/mol. The highest BCUT2D eigenvalue weighted by atomic mass is 19.1. The summed E-state index contributed by atoms with van der Waals surface area (Å²) < 4.78 is 21.1. The van der Waals surface area contributed by atoms with E-state index >= 15 is 0 Å². The highest BCUT2D eigenvalue weighted by Crippen LogP contribution is 2.30. The Hall–Kier alpha value is -1.92. The Morgan fingerprint density at radius 2 is 2.29 bits per heavy atom. The molecule has 2 heterocycles. The first-order valence-electron chi connectivity index (χ1n) is 8.30. The van der Waals surface area contributed by atoms with Gasteiger partial charge < -0.3 is 9.84 Å². The second kappa shape index (κ2) is 7.32. The van der Waals surface area contributed by atoms with Crippen LogP contribution in [-0.4, -0.2) is 39.5 Å². The van der Waals surface area contributed by atoms with Gasteiger partial charge in [0.1, 0.15) is 0 Å². The summed E-state index contributed by atoms with van der Waals surface area (Å²) in [4.78, 5) is 2.25. The number of aryl methyl sites for hydroxylation is 1. The molecule has 130 valence electrons. The monoisotopic (exact) mass is 333 g/mol. The molecule has 1 N–H and O–H groups in total. The Labute approximate surface area is 141 Å². The van der Waals surface area contributed by atoms with Crippen LogP contribution in [0.25, 0.3) is 0 Å². The van der Waals surface area contributed by atoms with Crippen LogP contribution in [0.5, 0.6) is 5.75 Å². The third kappa shape index (κ3) is 3.60. The molecular formula is C18H24FN3O2. The summed E-state index contributed by atoms with van der Waals surface area (Å²) in [5.41, 5.74) is 1.47. The maximum atomic E-state index is 14.4. The van der Waals surface area contributed by atoms with Crippen molar-refractivity contribution in [1.29, 1.82) is 0 Å². The summed E-state index contributed by atoms with van der Waals surface area (Å²) >= 11 is 0. The summed E-state index contributed by atoms with van der Waals surface area (Å²) in [5.74, 6) is -0.0166. The third-order valence-electron chi connectivity index (χ3n) is 4.74. The molecule has 2 aromatic rings. The molecule has 1 aliphatic rings. The number of ether oxygens (including phenoxy) is 1. The van der Waals surface area contributed by atoms with Crippen LogP contribution in [0.2, 0.25) is 0 Å². The number of likely N-dealkylation sites (tertiary alicyclic amines) is 1. The number of halogens is 1. The lowest BCUT2D eigenvalue weighted by atomic mass is 10.0. The Morgan fingerprint density at radius 1 is 1.46 bits per heavy atom. The van der Waals surface area contributed by atoms with Gasteiger partial charge in [0.2, 0.25) is 0 Å². The van der Waals surface area contributed by atoms with Gasteiger partial charge in [0.25, 0.3) is 0 Å². The number of methoxy groups -OCH3 is 1. The van der Waals surface area contributed by atoms with E-state index in [1.54, 1.807) is 23.0 Å². The molecule has 0 unspecified atom stereocenters. The lowest BCUT2D eigenvalue weighted by Gasteiger charge is -2.26. The van der Waals surface area contributed by atoms with Gasteiger partial charge in [0.05, 0.1) is 19.4 Å². The van der Waals surface area contributed by atoms with E-state index in [1.165, 1.54) is 7.11 Å². The normalized spacial score (nSPS) is 19.6. The third-order valence-corrected chi connectivity index (χ3v) is 4.74. The van der Waals surface area contributed by atoms with Crippen molar-refractivity contribution in [3.05, 3.63) is 47.5 Å². The van der Waals surface area contributed by atoms with Crippen LogP contribution in [-0.2, 0) is 13.6 Å². The van der Waals surface area contributed by atoms with Crippen molar-refractivity contribution in [3.8, 4) is 5.75 Å². The number of rotatable bonds is 6. The molecule has 3 rings (SSSR count). The first-order chi connectivity index (χ1) is 11.6. The van der Waals surface area contributed by atoms with Crippen LogP contribution in [0, 0.1) is 5.82 Å². The summed E-state index contributed by atoms with van der Waals surface area (Å²) in [6.45, 7) is 1.45. The van der Waals surface area contributed by atoms with E-state index in [9.17, 15) is 9.50 Å². The van der Waals surface area contributed by atoms with Crippen molar-refractivity contribution in [2.75, 3.05) is 13.7 Å². The predicted octanol–water partition coefficient (Wildman–Crippen LogP) is 2.66. The highest BCUT2D eigenvalue weighted by molar-refractivity contribution is 5.31. The molecule has 0 saturated carbocycles. The quantitative estimate of drug-likeness (QED) is 0.883. The molecule has 0 aliphatic carbocycles. The molecule has 1 saturated heterocycles. The smallest absolute Gasteiger partial charge is 0.169 e. The number of hydrogen-bond donors (Lipinski definition) is 1. The fourth-order valence-electron chi connectivity index (χ4n) is 3.43. The molecule has 5 nitrogen and oxygen atoms in total. The van der Waals surface area contributed by atoms with Gasteiger partial charge in [-0.1, -0.05) is 12.1 Å². The average molecular weight is 333 g/mol. The lowest BCUT2D eigenvalue weighted by Crippen LogP contribution is -2.30. The second-order valence-corrected chi connectivity index (χ2v) is 6.40. The van der Waals surface area contributed by atoms with Crippen molar-refractivity contribution < 1.29 is 14.2 Å². The fourth-order valence-corrected chi connectivity index (χ4v) is 3.43. The van der Waals surface area contributed by atoms with E-state index in [0.717, 1.165) is 24.9 Å². The van der Waals surface area contributed by atoms with E-state index in [4.69, 9.17) is 4.74 Å². The zero-order valence-corrected chi connectivity index (χ0v) is 14.2. The molecule has 1 aromatic carbocycles. The van der Waals surface area contributed by atoms with Gasteiger partial charge in [0, 0.05) is 37.0 Å². The minimum atomic E-state index is -0.542. The van der Waals surface area contributed by atoms with Crippen LogP contribution in [0.1, 0.15) is 36.5 Å². The van der Waals surface area contributed by atoms with Crippen LogP contribution < -0.4 is 4.74 Å². The van der Waals surface area contributed by atoms with Gasteiger partial charge in [-0.05, 0) is 31.9 Å². The molecule has 24 heavy (non-hydrogen) atoms. The van der Waals surface area contributed by atoms with E-state index in [-0.39, 0.29) is 17.6 Å². The van der Waals surface area contributed by atoms with Crippen LogP contribution in [0.4, 0.5) is 4.39 Å². The minimum Gasteiger partial charge on any atom is -0.494 e. The summed E-state index contributed by atoms with van der Waals surface area (Å²) in [6, 6.07) is 5.48. The lowest BCUT2D eigenvalue weighted by molar-refractivity contribution is 0.117. The SMILES string of the molecule is COc1cccc(CN2CCC[C@@H]2C[C@@H](O)c2cnn(C)c2)c1F. The van der Waals surface area contributed by atoms with Gasteiger partial charge in [-0.3, -0.25) is 9.58 Å². The van der Waals surface area contributed by atoms with Crippen LogP contribution >= 0.6 is 0 Å². The summed E-state index contributed by atoms with van der Waals surface area (Å²) in [5, 5.41) is 14.6. The Morgan fingerprint density at radius 3 is 3.00 bits per heavy atom. The first-order valence-corrected chi connectivity index (χ1v) is 8.30. The van der Waals surface area contributed by atoms with Crippen molar-refractivity contribution in [2.24, 2.45) is 7.05 Å². The number of nitrogens with zero attached hydrogens (tertiary/aromatic N) is 3. The number of aromatic nitrogens is 2. The van der Waals surface area contributed by atoms with E-state index in [1.807, 2.05) is 19.3 Å². The van der Waals surface area contributed by atoms with E-state index in [2.05, 4.69) is 10.00 Å². The zero-order valence-electron chi connectivity index (χ0n) is 14.2. The van der Waals surface area contributed by atoms with Crippen molar-refractivity contribution in [3.63, 3.8) is 0 Å². The largest absolute Gasteiger partial charge is 0.494 e. The average Bonchev–Trinajstić information content (AvgIpc) is 3.19. The molecule has 0 amide bonds. The Bertz CT molecular complexity index is 689. The zero-order chi connectivity index (χ0) is 17.1. The topological polar surface area (TPSA) is 50.5 Å². The van der Waals surface area contributed by atoms with Gasteiger partial charge in [-0.25, -0.2) is 4.39 Å². The Balaban J connectivity index is 1.67. The first kappa shape index (κ1) is 16.9. The predicted molar refractivity (Wildman–Crippen MR) is 89.2 cm³/mol. The van der Waals surface area contributed by atoms with Crippen molar-refractivity contribution >= 4 is 0 Å². The molecule has 0 spiro atoms. The summed E-state index contributed by atoms with van der Waals surface area (Å²) in [7, 11) is 3.31. The molecule has 1 fully saturated rings. The van der Waals surface area contributed by atoms with Crippen LogP contribution in [0.15, 0.2) is 30.6 Å². The highest BCUT2D eigenvalue weighted by Gasteiger charge is 2.28. The van der Waals surface area contributed by atoms with Gasteiger partial charge in [-0.2, -0.15) is 5.10 Å². The molecule has 0 bridgehead atoms. The second-order valence-electron chi connectivity index (χ2n) is 6.40. The molecule has 1 aliphatic heterocycles. The molecule has 6 heteroatoms. The maximum Gasteiger partial charge on any atom is 0.169 e. The van der Waals surface area contributed by atoms with Crippen molar-refractivity contribution in [2.45, 2.75) is 38.0 Å². The Kier molecular flexibility index (Phi) is 5.16. The fraction of sp³-hybridized carbons (Fsp3) is 0.500. The number of hydrogen-bond acceptors (Lipinski definition) is 4. The molecule has 2 atom stereocenters. The maximum absolute atomic E-state index is 14.4. The number of aliphatic hydroxyl groups is 1. The summed E-state index contributed by atoms with van der Waals surface area (Å²) in [6.07, 6.45) is 5.72. The number of aliphatic hydroxyl groups excluding tert-OH is 1. The standard InChI is InChI=1S/C18H24FN3O2/c1-21-11-14(10-20-21)16(23)9-15-6-4-8-22(15)12-13-5-3-7-17(24-2)18(13)19/h3,5,7,10-11,15-16,23H,4,6,8-9,12H2,1-2H3/t15-,16-/m1/s1. The molecule has 1 aromatic heterocycles. The van der Waals surface area contributed by atoms with Gasteiger partial charge in [0.15, 0.2) is 11.6 Å². The molecule has 0 radical (unpaired) electrons.